The molecule has 16 heavy (non-hydrogen) atoms. The highest BCUT2D eigenvalue weighted by molar-refractivity contribution is 8.13. The summed E-state index contributed by atoms with van der Waals surface area (Å²) in [7, 11) is 0. The molecule has 1 fully saturated rings. The van der Waals surface area contributed by atoms with Crippen LogP contribution in [0.2, 0.25) is 0 Å². The van der Waals surface area contributed by atoms with Gasteiger partial charge < -0.3 is 5.32 Å². The Morgan fingerprint density at radius 3 is 3.19 bits per heavy atom. The number of amidine groups is 1. The molecule has 0 bridgehead atoms. The van der Waals surface area contributed by atoms with Gasteiger partial charge in [0.05, 0.1) is 13.1 Å². The lowest BCUT2D eigenvalue weighted by Crippen LogP contribution is -2.41. The van der Waals surface area contributed by atoms with Crippen LogP contribution < -0.4 is 5.32 Å². The quantitative estimate of drug-likeness (QED) is 0.869. The van der Waals surface area contributed by atoms with Crippen molar-refractivity contribution in [2.75, 3.05) is 12.3 Å². The molecule has 0 spiro atoms. The first-order chi connectivity index (χ1) is 7.75. The molecule has 0 aliphatic carbocycles. The Kier molecular flexibility index (Phi) is 3.88. The third-order valence-corrected chi connectivity index (χ3v) is 4.04. The predicted octanol–water partition coefficient (Wildman–Crippen LogP) is 1.60. The number of hydrogen-bond donors (Lipinski definition) is 1. The van der Waals surface area contributed by atoms with Gasteiger partial charge >= 0.3 is 0 Å². The van der Waals surface area contributed by atoms with E-state index in [1.165, 1.54) is 0 Å². The van der Waals surface area contributed by atoms with Crippen LogP contribution in [0.1, 0.15) is 13.8 Å². The average molecular weight is 238 g/mol. The highest BCUT2D eigenvalue weighted by atomic mass is 32.2. The zero-order valence-electron chi connectivity index (χ0n) is 9.76. The Balaban J connectivity index is 1.79. The van der Waals surface area contributed by atoms with E-state index >= 15 is 0 Å². The lowest BCUT2D eigenvalue weighted by molar-refractivity contribution is 0.489. The normalized spacial score (nSPS) is 28.0. The third-order valence-electron chi connectivity index (χ3n) is 2.83. The molecule has 5 heteroatoms. The van der Waals surface area contributed by atoms with Gasteiger partial charge in [0.1, 0.15) is 0 Å². The summed E-state index contributed by atoms with van der Waals surface area (Å²) in [6.45, 7) is 6.12. The van der Waals surface area contributed by atoms with E-state index in [1.807, 2.05) is 28.7 Å². The van der Waals surface area contributed by atoms with E-state index in [0.717, 1.165) is 29.9 Å². The fourth-order valence-corrected chi connectivity index (χ4v) is 2.67. The molecule has 0 radical (unpaired) electrons. The van der Waals surface area contributed by atoms with Crippen molar-refractivity contribution in [2.45, 2.75) is 26.4 Å². The van der Waals surface area contributed by atoms with E-state index in [2.05, 4.69) is 29.3 Å². The molecule has 0 amide bonds. The van der Waals surface area contributed by atoms with Crippen molar-refractivity contribution in [2.24, 2.45) is 10.9 Å². The summed E-state index contributed by atoms with van der Waals surface area (Å²) in [5.74, 6) is 1.88. The Morgan fingerprint density at radius 1 is 1.62 bits per heavy atom. The van der Waals surface area contributed by atoms with Crippen LogP contribution in [0.5, 0.6) is 0 Å². The molecule has 1 N–H and O–H groups in total. The second kappa shape index (κ2) is 5.39. The van der Waals surface area contributed by atoms with Crippen LogP contribution in [0.15, 0.2) is 23.5 Å². The van der Waals surface area contributed by atoms with Gasteiger partial charge in [-0.05, 0) is 18.9 Å². The molecule has 2 atom stereocenters. The average Bonchev–Trinajstić information content (AvgIpc) is 2.76. The highest BCUT2D eigenvalue weighted by Crippen LogP contribution is 2.19. The van der Waals surface area contributed by atoms with Crippen molar-refractivity contribution in [3.05, 3.63) is 18.5 Å². The number of aliphatic imine (C=N–C) groups is 1. The van der Waals surface area contributed by atoms with E-state index in [4.69, 9.17) is 0 Å². The maximum Gasteiger partial charge on any atom is 0.156 e. The first kappa shape index (κ1) is 11.5. The van der Waals surface area contributed by atoms with Gasteiger partial charge in [0, 0.05) is 24.2 Å². The number of thioether (sulfide) groups is 1. The Labute approximate surface area is 101 Å². The van der Waals surface area contributed by atoms with Gasteiger partial charge in [-0.25, -0.2) is 0 Å². The number of nitrogens with one attached hydrogen (secondary N) is 1. The van der Waals surface area contributed by atoms with Crippen molar-refractivity contribution in [1.82, 2.24) is 15.1 Å². The second-order valence-electron chi connectivity index (χ2n) is 4.18. The molecule has 1 aliphatic rings. The van der Waals surface area contributed by atoms with Gasteiger partial charge in [-0.2, -0.15) is 5.10 Å². The molecule has 1 saturated heterocycles. The van der Waals surface area contributed by atoms with Crippen LogP contribution in [-0.2, 0) is 6.54 Å². The van der Waals surface area contributed by atoms with E-state index < -0.39 is 0 Å². The van der Waals surface area contributed by atoms with E-state index in [-0.39, 0.29) is 0 Å². The molecule has 2 unspecified atom stereocenters. The summed E-state index contributed by atoms with van der Waals surface area (Å²) in [6.07, 6.45) is 3.76. The van der Waals surface area contributed by atoms with Crippen LogP contribution in [0.25, 0.3) is 0 Å². The van der Waals surface area contributed by atoms with Crippen molar-refractivity contribution in [3.63, 3.8) is 0 Å². The van der Waals surface area contributed by atoms with Gasteiger partial charge in [0.2, 0.25) is 0 Å². The Bertz CT molecular complexity index is 347. The highest BCUT2D eigenvalue weighted by Gasteiger charge is 2.20. The summed E-state index contributed by atoms with van der Waals surface area (Å²) in [5, 5.41) is 8.66. The Morgan fingerprint density at radius 2 is 2.50 bits per heavy atom. The SMILES string of the molecule is CC1CSC(=NCCn2cccn2)NC1C. The first-order valence-electron chi connectivity index (χ1n) is 5.67. The van der Waals surface area contributed by atoms with Crippen LogP contribution in [0.3, 0.4) is 0 Å². The molecule has 1 aromatic heterocycles. The van der Waals surface area contributed by atoms with Crippen molar-refractivity contribution in [1.29, 1.82) is 0 Å². The van der Waals surface area contributed by atoms with Crippen molar-refractivity contribution >= 4 is 16.9 Å². The van der Waals surface area contributed by atoms with Crippen molar-refractivity contribution < 1.29 is 0 Å². The second-order valence-corrected chi connectivity index (χ2v) is 5.19. The fourth-order valence-electron chi connectivity index (χ4n) is 1.51. The number of aromatic nitrogens is 2. The zero-order chi connectivity index (χ0) is 11.4. The predicted molar refractivity (Wildman–Crippen MR) is 68.7 cm³/mol. The standard InChI is InChI=1S/C11H18N4S/c1-9-8-16-11(14-10(9)2)12-5-7-15-6-3-4-13-15/h3-4,6,9-10H,5,7-8H2,1-2H3,(H,12,14). The molecule has 4 nitrogen and oxygen atoms in total. The van der Waals surface area contributed by atoms with Crippen LogP contribution in [0.4, 0.5) is 0 Å². The smallest absolute Gasteiger partial charge is 0.156 e. The first-order valence-corrected chi connectivity index (χ1v) is 6.65. The molecular formula is C11H18N4S. The van der Waals surface area contributed by atoms with Gasteiger partial charge in [-0.1, -0.05) is 18.7 Å². The van der Waals surface area contributed by atoms with Gasteiger partial charge in [0.15, 0.2) is 5.17 Å². The van der Waals surface area contributed by atoms with Gasteiger partial charge in [-0.3, -0.25) is 9.67 Å². The van der Waals surface area contributed by atoms with Crippen LogP contribution in [-0.4, -0.2) is 33.3 Å². The van der Waals surface area contributed by atoms with E-state index in [1.54, 1.807) is 6.20 Å². The molecule has 1 aromatic rings. The molecule has 2 rings (SSSR count). The maximum absolute atomic E-state index is 4.55. The van der Waals surface area contributed by atoms with Crippen LogP contribution >= 0.6 is 11.8 Å². The third kappa shape index (κ3) is 3.01. The molecular weight excluding hydrogens is 220 g/mol. The van der Waals surface area contributed by atoms with E-state index in [9.17, 15) is 0 Å². The van der Waals surface area contributed by atoms with Crippen molar-refractivity contribution in [3.8, 4) is 0 Å². The minimum Gasteiger partial charge on any atom is -0.362 e. The molecule has 88 valence electrons. The number of rotatable bonds is 3. The lowest BCUT2D eigenvalue weighted by Gasteiger charge is -2.28. The maximum atomic E-state index is 4.55. The molecule has 0 saturated carbocycles. The van der Waals surface area contributed by atoms with Crippen LogP contribution in [0, 0.1) is 5.92 Å². The topological polar surface area (TPSA) is 42.2 Å². The molecule has 1 aliphatic heterocycles. The lowest BCUT2D eigenvalue weighted by atomic mass is 10.1. The largest absolute Gasteiger partial charge is 0.362 e. The van der Waals surface area contributed by atoms with Gasteiger partial charge in [0.25, 0.3) is 0 Å². The summed E-state index contributed by atoms with van der Waals surface area (Å²) >= 11 is 1.82. The number of nitrogens with zero attached hydrogens (tertiary/aromatic N) is 3. The minimum absolute atomic E-state index is 0.532. The summed E-state index contributed by atoms with van der Waals surface area (Å²) < 4.78 is 1.91. The summed E-state index contributed by atoms with van der Waals surface area (Å²) in [4.78, 5) is 4.55. The summed E-state index contributed by atoms with van der Waals surface area (Å²) in [5.41, 5.74) is 0. The van der Waals surface area contributed by atoms with E-state index in [0.29, 0.717) is 6.04 Å². The summed E-state index contributed by atoms with van der Waals surface area (Å²) in [6, 6.07) is 2.47. The minimum atomic E-state index is 0.532. The Hall–Kier alpha value is -0.970. The molecule has 2 heterocycles. The van der Waals surface area contributed by atoms with Gasteiger partial charge in [-0.15, -0.1) is 0 Å². The molecule has 0 aromatic carbocycles. The zero-order valence-corrected chi connectivity index (χ0v) is 10.6. The number of hydrogen-bond acceptors (Lipinski definition) is 3. The monoisotopic (exact) mass is 238 g/mol. The fraction of sp³-hybridized carbons (Fsp3) is 0.636.